The first-order valence-corrected chi connectivity index (χ1v) is 11.2. The van der Waals surface area contributed by atoms with E-state index < -0.39 is 0 Å². The molecule has 1 aliphatic rings. The fraction of sp³-hybridized carbons (Fsp3) is 0.400. The van der Waals surface area contributed by atoms with Crippen molar-refractivity contribution in [3.8, 4) is 11.8 Å². The zero-order valence-electron chi connectivity index (χ0n) is 14.9. The van der Waals surface area contributed by atoms with Crippen molar-refractivity contribution in [3.63, 3.8) is 0 Å². The van der Waals surface area contributed by atoms with Crippen LogP contribution in [0.2, 0.25) is 0 Å². The lowest BCUT2D eigenvalue weighted by Crippen LogP contribution is -2.26. The molecule has 1 aliphatic carbocycles. The number of phenols is 1. The number of nitriles is 1. The maximum Gasteiger partial charge on any atom is 0.137 e. The molecule has 1 aromatic heterocycles. The Kier molecular flexibility index (Phi) is 5.80. The largest absolute Gasteiger partial charge is 0.506 e. The highest BCUT2D eigenvalue weighted by Crippen LogP contribution is 2.45. The molecule has 136 valence electrons. The summed E-state index contributed by atoms with van der Waals surface area (Å²) < 4.78 is 1.65. The van der Waals surface area contributed by atoms with E-state index in [1.165, 1.54) is 10.4 Å². The first-order chi connectivity index (χ1) is 12.2. The van der Waals surface area contributed by atoms with Crippen LogP contribution in [0.25, 0.3) is 0 Å². The Morgan fingerprint density at radius 1 is 1.42 bits per heavy atom. The normalized spacial score (nSPS) is 17.3. The molecule has 0 saturated carbocycles. The number of aromatic hydroxyl groups is 1. The van der Waals surface area contributed by atoms with Gasteiger partial charge in [-0.1, -0.05) is 36.7 Å². The summed E-state index contributed by atoms with van der Waals surface area (Å²) in [5.41, 5.74) is 2.80. The standard InChI is InChI=1S/C20H20BrIN2OS/c1-20(2,3)12-4-5-14-15(9-23)19(26-17(14)7-12)24-10-11-6-13(21)8-16(22)18(11)25/h6,8,10,12,25H,4-5,7H2,1-3H3/t12-/m1/s1. The highest BCUT2D eigenvalue weighted by atomic mass is 127. The summed E-state index contributed by atoms with van der Waals surface area (Å²) in [5.74, 6) is 0.845. The predicted octanol–water partition coefficient (Wildman–Crippen LogP) is 6.59. The van der Waals surface area contributed by atoms with Gasteiger partial charge in [-0.25, -0.2) is 4.99 Å². The third kappa shape index (κ3) is 4.00. The fourth-order valence-corrected chi connectivity index (χ4v) is 6.10. The number of aliphatic imine (C=N–C) groups is 1. The van der Waals surface area contributed by atoms with E-state index in [1.807, 2.05) is 12.1 Å². The van der Waals surface area contributed by atoms with Crippen LogP contribution in [0.3, 0.4) is 0 Å². The minimum Gasteiger partial charge on any atom is -0.506 e. The molecule has 1 N–H and O–H groups in total. The van der Waals surface area contributed by atoms with Gasteiger partial charge in [-0.15, -0.1) is 11.3 Å². The molecule has 1 atom stereocenters. The van der Waals surface area contributed by atoms with E-state index in [2.05, 4.69) is 70.4 Å². The summed E-state index contributed by atoms with van der Waals surface area (Å²) in [6.45, 7) is 6.87. The molecule has 0 fully saturated rings. The molecule has 0 aliphatic heterocycles. The average molecular weight is 543 g/mol. The molecule has 0 bridgehead atoms. The molecule has 1 aromatic carbocycles. The Labute approximate surface area is 180 Å². The second-order valence-electron chi connectivity index (χ2n) is 7.69. The molecule has 0 amide bonds. The molecule has 0 radical (unpaired) electrons. The molecule has 1 heterocycles. The number of rotatable bonds is 2. The summed E-state index contributed by atoms with van der Waals surface area (Å²) in [4.78, 5) is 5.87. The zero-order chi connectivity index (χ0) is 19.1. The van der Waals surface area contributed by atoms with Crippen LogP contribution in [0.4, 0.5) is 5.00 Å². The topological polar surface area (TPSA) is 56.4 Å². The quantitative estimate of drug-likeness (QED) is 0.343. The third-order valence-corrected chi connectivity index (χ3v) is 7.40. The highest BCUT2D eigenvalue weighted by Gasteiger charge is 2.32. The van der Waals surface area contributed by atoms with Crippen molar-refractivity contribution in [2.24, 2.45) is 16.3 Å². The van der Waals surface area contributed by atoms with Crippen LogP contribution >= 0.6 is 49.9 Å². The van der Waals surface area contributed by atoms with Crippen LogP contribution in [0.1, 0.15) is 48.8 Å². The lowest BCUT2D eigenvalue weighted by atomic mass is 9.72. The van der Waals surface area contributed by atoms with Crippen LogP contribution in [-0.4, -0.2) is 11.3 Å². The maximum absolute atomic E-state index is 10.2. The van der Waals surface area contributed by atoms with Crippen molar-refractivity contribution in [2.75, 3.05) is 0 Å². The van der Waals surface area contributed by atoms with E-state index in [1.54, 1.807) is 17.6 Å². The first kappa shape index (κ1) is 19.8. The van der Waals surface area contributed by atoms with E-state index in [9.17, 15) is 10.4 Å². The summed E-state index contributed by atoms with van der Waals surface area (Å²) in [6, 6.07) is 6.04. The van der Waals surface area contributed by atoms with Crippen molar-refractivity contribution in [1.82, 2.24) is 0 Å². The first-order valence-electron chi connectivity index (χ1n) is 8.47. The van der Waals surface area contributed by atoms with Crippen LogP contribution in [0.5, 0.6) is 5.75 Å². The Balaban J connectivity index is 1.96. The van der Waals surface area contributed by atoms with Crippen molar-refractivity contribution in [1.29, 1.82) is 5.26 Å². The summed E-state index contributed by atoms with van der Waals surface area (Å²) in [7, 11) is 0. The molecular weight excluding hydrogens is 523 g/mol. The van der Waals surface area contributed by atoms with Gasteiger partial charge in [0.25, 0.3) is 0 Å². The minimum atomic E-state index is 0.213. The van der Waals surface area contributed by atoms with Crippen LogP contribution < -0.4 is 0 Å². The third-order valence-electron chi connectivity index (χ3n) is 4.96. The minimum absolute atomic E-state index is 0.213. The zero-order valence-corrected chi connectivity index (χ0v) is 19.5. The Morgan fingerprint density at radius 3 is 2.81 bits per heavy atom. The molecule has 2 aromatic rings. The molecule has 0 unspecified atom stereocenters. The Morgan fingerprint density at radius 2 is 2.15 bits per heavy atom. The van der Waals surface area contributed by atoms with Crippen molar-refractivity contribution in [3.05, 3.63) is 41.7 Å². The van der Waals surface area contributed by atoms with Gasteiger partial charge in [-0.2, -0.15) is 5.26 Å². The van der Waals surface area contributed by atoms with Gasteiger partial charge in [0.2, 0.25) is 0 Å². The van der Waals surface area contributed by atoms with E-state index in [4.69, 9.17) is 0 Å². The van der Waals surface area contributed by atoms with Gasteiger partial charge in [0.05, 0.1) is 9.13 Å². The number of nitrogens with zero attached hydrogens (tertiary/aromatic N) is 2. The van der Waals surface area contributed by atoms with Crippen molar-refractivity contribution < 1.29 is 5.11 Å². The lowest BCUT2D eigenvalue weighted by molar-refractivity contribution is 0.218. The van der Waals surface area contributed by atoms with Gasteiger partial charge in [0.1, 0.15) is 16.8 Å². The van der Waals surface area contributed by atoms with Gasteiger partial charge < -0.3 is 5.11 Å². The molecule has 3 nitrogen and oxygen atoms in total. The fourth-order valence-electron chi connectivity index (χ4n) is 3.33. The Hall–Kier alpha value is -0.910. The summed E-state index contributed by atoms with van der Waals surface area (Å²) in [5, 5.41) is 20.6. The summed E-state index contributed by atoms with van der Waals surface area (Å²) in [6.07, 6.45) is 4.75. The second kappa shape index (κ2) is 7.61. The number of halogens is 2. The number of fused-ring (bicyclic) bond motifs is 1. The van der Waals surface area contributed by atoms with Gasteiger partial charge in [0.15, 0.2) is 0 Å². The molecule has 26 heavy (non-hydrogen) atoms. The monoisotopic (exact) mass is 542 g/mol. The van der Waals surface area contributed by atoms with Gasteiger partial charge in [-0.3, -0.25) is 0 Å². The maximum atomic E-state index is 10.2. The number of phenolic OH excluding ortho intramolecular Hbond substituents is 1. The van der Waals surface area contributed by atoms with Gasteiger partial charge >= 0.3 is 0 Å². The van der Waals surface area contributed by atoms with Crippen LogP contribution in [0.15, 0.2) is 21.6 Å². The second-order valence-corrected chi connectivity index (χ2v) is 10.8. The van der Waals surface area contributed by atoms with E-state index in [-0.39, 0.29) is 11.2 Å². The predicted molar refractivity (Wildman–Crippen MR) is 120 cm³/mol. The SMILES string of the molecule is CC(C)(C)[C@@H]1CCc2c(sc(N=Cc3cc(Br)cc(I)c3O)c2C#N)C1. The number of hydrogen-bond donors (Lipinski definition) is 1. The van der Waals surface area contributed by atoms with E-state index >= 15 is 0 Å². The molecule has 6 heteroatoms. The number of thiophene rings is 1. The van der Waals surface area contributed by atoms with E-state index in [0.717, 1.165) is 32.3 Å². The lowest BCUT2D eigenvalue weighted by Gasteiger charge is -2.33. The number of hydrogen-bond acceptors (Lipinski definition) is 4. The highest BCUT2D eigenvalue weighted by molar-refractivity contribution is 14.1. The summed E-state index contributed by atoms with van der Waals surface area (Å²) >= 11 is 7.16. The molecule has 0 spiro atoms. The smallest absolute Gasteiger partial charge is 0.137 e. The van der Waals surface area contributed by atoms with Crippen molar-refractivity contribution >= 4 is 61.1 Å². The van der Waals surface area contributed by atoms with Crippen LogP contribution in [-0.2, 0) is 12.8 Å². The van der Waals surface area contributed by atoms with Gasteiger partial charge in [-0.05, 0) is 70.9 Å². The molecule has 0 saturated heterocycles. The number of benzene rings is 1. The molecule has 3 rings (SSSR count). The van der Waals surface area contributed by atoms with E-state index in [0.29, 0.717) is 17.0 Å². The van der Waals surface area contributed by atoms with Crippen molar-refractivity contribution in [2.45, 2.75) is 40.0 Å². The Bertz CT molecular complexity index is 921. The van der Waals surface area contributed by atoms with Gasteiger partial charge in [0, 0.05) is 21.1 Å². The van der Waals surface area contributed by atoms with Crippen LogP contribution in [0, 0.1) is 26.2 Å². The average Bonchev–Trinajstić information content (AvgIpc) is 2.92. The molecular formula is C20H20BrIN2OS.